The number of hydrogen-bond donors (Lipinski definition) is 3. The van der Waals surface area contributed by atoms with Crippen LogP contribution < -0.4 is 5.32 Å². The second-order valence-electron chi connectivity index (χ2n) is 5.91. The van der Waals surface area contributed by atoms with E-state index < -0.39 is 21.3 Å². The summed E-state index contributed by atoms with van der Waals surface area (Å²) in [6.07, 6.45) is 8.44. The highest BCUT2D eigenvalue weighted by molar-refractivity contribution is 7.87. The monoisotopic (exact) mass is 367 g/mol. The molecule has 0 fully saturated rings. The number of carbonyl (C=O) groups is 1. The van der Waals surface area contributed by atoms with Crippen molar-refractivity contribution in [2.45, 2.75) is 70.0 Å². The average Bonchev–Trinajstić information content (AvgIpc) is 2.51. The summed E-state index contributed by atoms with van der Waals surface area (Å²) in [5.41, 5.74) is 0. The van der Waals surface area contributed by atoms with Crippen molar-refractivity contribution in [2.24, 2.45) is 0 Å². The number of unbranched alkanes of at least 4 members (excludes halogenated alkanes) is 7. The average molecular weight is 368 g/mol. The molecule has 8 heteroatoms. The largest absolute Gasteiger partial charge is 0.463 e. The SMILES string of the molecule is CCCCCCCCCCC(C(=O)OCCNCCO)S(=O)(=O)O. The van der Waals surface area contributed by atoms with Crippen molar-refractivity contribution in [3.63, 3.8) is 0 Å². The van der Waals surface area contributed by atoms with Gasteiger partial charge in [0.25, 0.3) is 10.1 Å². The normalized spacial score (nSPS) is 13.0. The molecule has 0 rings (SSSR count). The van der Waals surface area contributed by atoms with Gasteiger partial charge in [-0.05, 0) is 6.42 Å². The van der Waals surface area contributed by atoms with Crippen LogP contribution in [-0.2, 0) is 19.6 Å². The minimum absolute atomic E-state index is 0.00226. The van der Waals surface area contributed by atoms with Gasteiger partial charge in [0.05, 0.1) is 6.61 Å². The van der Waals surface area contributed by atoms with Crippen LogP contribution in [0.1, 0.15) is 64.7 Å². The van der Waals surface area contributed by atoms with Crippen LogP contribution in [0.15, 0.2) is 0 Å². The number of ether oxygens (including phenoxy) is 1. The Balaban J connectivity index is 3.99. The first-order valence-corrected chi connectivity index (χ1v) is 10.4. The van der Waals surface area contributed by atoms with Gasteiger partial charge in [-0.1, -0.05) is 58.3 Å². The molecule has 0 aromatic rings. The van der Waals surface area contributed by atoms with Crippen molar-refractivity contribution in [2.75, 3.05) is 26.3 Å². The Hall–Kier alpha value is -0.700. The number of aliphatic hydroxyl groups excluding tert-OH is 1. The van der Waals surface area contributed by atoms with Gasteiger partial charge >= 0.3 is 5.97 Å². The molecule has 0 saturated carbocycles. The van der Waals surface area contributed by atoms with Gasteiger partial charge in [0.2, 0.25) is 0 Å². The summed E-state index contributed by atoms with van der Waals surface area (Å²) in [4.78, 5) is 11.8. The van der Waals surface area contributed by atoms with Gasteiger partial charge in [-0.15, -0.1) is 0 Å². The number of rotatable bonds is 16. The molecule has 0 aromatic carbocycles. The number of nitrogens with one attached hydrogen (secondary N) is 1. The third-order valence-electron chi connectivity index (χ3n) is 3.75. The van der Waals surface area contributed by atoms with Crippen molar-refractivity contribution < 1.29 is 27.6 Å². The highest BCUT2D eigenvalue weighted by Gasteiger charge is 2.31. The smallest absolute Gasteiger partial charge is 0.326 e. The van der Waals surface area contributed by atoms with E-state index in [-0.39, 0.29) is 19.6 Å². The van der Waals surface area contributed by atoms with Crippen molar-refractivity contribution >= 4 is 16.1 Å². The molecule has 1 atom stereocenters. The summed E-state index contributed by atoms with van der Waals surface area (Å²) in [5, 5.41) is 9.89. The van der Waals surface area contributed by atoms with Crippen LogP contribution in [0, 0.1) is 0 Å². The minimum atomic E-state index is -4.45. The zero-order chi connectivity index (χ0) is 18.3. The van der Waals surface area contributed by atoms with Gasteiger partial charge in [-0.25, -0.2) is 0 Å². The highest BCUT2D eigenvalue weighted by Crippen LogP contribution is 2.15. The van der Waals surface area contributed by atoms with Gasteiger partial charge in [0, 0.05) is 13.1 Å². The lowest BCUT2D eigenvalue weighted by molar-refractivity contribution is -0.143. The fraction of sp³-hybridized carbons (Fsp3) is 0.938. The van der Waals surface area contributed by atoms with Crippen LogP contribution in [-0.4, -0.2) is 55.6 Å². The van der Waals surface area contributed by atoms with Crippen LogP contribution in [0.3, 0.4) is 0 Å². The number of carbonyl (C=O) groups excluding carboxylic acids is 1. The van der Waals surface area contributed by atoms with Crippen molar-refractivity contribution in [1.82, 2.24) is 5.32 Å². The Bertz CT molecular complexity index is 413. The maximum absolute atomic E-state index is 11.8. The summed E-state index contributed by atoms with van der Waals surface area (Å²) in [6, 6.07) is 0. The first kappa shape index (κ1) is 23.3. The van der Waals surface area contributed by atoms with Crippen molar-refractivity contribution in [3.8, 4) is 0 Å². The lowest BCUT2D eigenvalue weighted by atomic mass is 10.1. The van der Waals surface area contributed by atoms with E-state index in [0.717, 1.165) is 19.3 Å². The van der Waals surface area contributed by atoms with Crippen LogP contribution in [0.2, 0.25) is 0 Å². The van der Waals surface area contributed by atoms with Gasteiger partial charge in [-0.3, -0.25) is 9.35 Å². The molecular weight excluding hydrogens is 334 g/mol. The Morgan fingerprint density at radius 1 is 1.04 bits per heavy atom. The van der Waals surface area contributed by atoms with Crippen LogP contribution >= 0.6 is 0 Å². The van der Waals surface area contributed by atoms with Gasteiger partial charge in [0.15, 0.2) is 5.25 Å². The van der Waals surface area contributed by atoms with E-state index in [0.29, 0.717) is 19.5 Å². The molecule has 0 radical (unpaired) electrons. The first-order chi connectivity index (χ1) is 11.4. The molecule has 1 unspecified atom stereocenters. The second-order valence-corrected chi connectivity index (χ2v) is 7.51. The molecule has 0 bridgehead atoms. The molecule has 0 spiro atoms. The van der Waals surface area contributed by atoms with E-state index in [9.17, 15) is 17.8 Å². The third kappa shape index (κ3) is 12.7. The predicted molar refractivity (Wildman–Crippen MR) is 93.5 cm³/mol. The quantitative estimate of drug-likeness (QED) is 0.217. The molecule has 0 aliphatic carbocycles. The second kappa shape index (κ2) is 14.6. The Labute approximate surface area is 145 Å². The van der Waals surface area contributed by atoms with Gasteiger partial charge < -0.3 is 15.2 Å². The van der Waals surface area contributed by atoms with E-state index in [1.54, 1.807) is 0 Å². The van der Waals surface area contributed by atoms with E-state index in [1.165, 1.54) is 25.7 Å². The minimum Gasteiger partial charge on any atom is -0.463 e. The summed E-state index contributed by atoms with van der Waals surface area (Å²) in [5.74, 6) is -0.911. The number of hydrogen-bond acceptors (Lipinski definition) is 6. The van der Waals surface area contributed by atoms with E-state index in [2.05, 4.69) is 12.2 Å². The highest BCUT2D eigenvalue weighted by atomic mass is 32.2. The number of aliphatic hydroxyl groups is 1. The summed E-state index contributed by atoms with van der Waals surface area (Å²) in [6.45, 7) is 2.83. The zero-order valence-corrected chi connectivity index (χ0v) is 15.5. The first-order valence-electron chi connectivity index (χ1n) is 8.88. The molecule has 0 aromatic heterocycles. The fourth-order valence-electron chi connectivity index (χ4n) is 2.37. The predicted octanol–water partition coefficient (Wildman–Crippen LogP) is 1.90. The standard InChI is InChI=1S/C16H33NO6S/c1-2-3-4-5-6-7-8-9-10-15(24(20,21)22)16(19)23-14-12-17-11-13-18/h15,17-18H,2-14H2,1H3,(H,20,21,22). The molecule has 0 amide bonds. The molecule has 3 N–H and O–H groups in total. The van der Waals surface area contributed by atoms with E-state index in [4.69, 9.17) is 9.84 Å². The van der Waals surface area contributed by atoms with E-state index in [1.807, 2.05) is 0 Å². The molecule has 0 heterocycles. The van der Waals surface area contributed by atoms with Gasteiger partial charge in [-0.2, -0.15) is 8.42 Å². The Morgan fingerprint density at radius 2 is 1.62 bits per heavy atom. The topological polar surface area (TPSA) is 113 Å². The lowest BCUT2D eigenvalue weighted by Gasteiger charge is -2.13. The van der Waals surface area contributed by atoms with Gasteiger partial charge in [0.1, 0.15) is 6.61 Å². The molecule has 0 aliphatic heterocycles. The molecule has 144 valence electrons. The van der Waals surface area contributed by atoms with E-state index >= 15 is 0 Å². The summed E-state index contributed by atoms with van der Waals surface area (Å²) >= 11 is 0. The summed E-state index contributed by atoms with van der Waals surface area (Å²) in [7, 11) is -4.45. The fourth-order valence-corrected chi connectivity index (χ4v) is 3.15. The zero-order valence-electron chi connectivity index (χ0n) is 14.7. The number of esters is 1. The van der Waals surface area contributed by atoms with Crippen molar-refractivity contribution in [1.29, 1.82) is 0 Å². The Kier molecular flexibility index (Phi) is 14.2. The van der Waals surface area contributed by atoms with Crippen LogP contribution in [0.5, 0.6) is 0 Å². The van der Waals surface area contributed by atoms with Crippen molar-refractivity contribution in [3.05, 3.63) is 0 Å². The summed E-state index contributed by atoms with van der Waals surface area (Å²) < 4.78 is 36.8. The lowest BCUT2D eigenvalue weighted by Crippen LogP contribution is -2.33. The van der Waals surface area contributed by atoms with Crippen LogP contribution in [0.25, 0.3) is 0 Å². The van der Waals surface area contributed by atoms with Crippen LogP contribution in [0.4, 0.5) is 0 Å². The molecule has 0 saturated heterocycles. The molecular formula is C16H33NO6S. The molecule has 24 heavy (non-hydrogen) atoms. The maximum atomic E-state index is 11.8. The third-order valence-corrected chi connectivity index (χ3v) is 4.90. The molecule has 0 aliphatic rings. The molecule has 7 nitrogen and oxygen atoms in total. The maximum Gasteiger partial charge on any atom is 0.326 e. The Morgan fingerprint density at radius 3 is 2.17 bits per heavy atom.